The van der Waals surface area contributed by atoms with E-state index in [0.717, 1.165) is 0 Å². The van der Waals surface area contributed by atoms with Crippen molar-refractivity contribution in [3.8, 4) is 0 Å². The number of aliphatic hydroxyl groups is 7. The van der Waals surface area contributed by atoms with Crippen LogP contribution in [0.15, 0.2) is 0 Å². The number of hydrogen-bond acceptors (Lipinski definition) is 10. The van der Waals surface area contributed by atoms with E-state index in [4.69, 9.17) is 14.6 Å². The first-order valence-corrected chi connectivity index (χ1v) is 7.04. The van der Waals surface area contributed by atoms with Crippen LogP contribution in [0.25, 0.3) is 0 Å². The lowest BCUT2D eigenvalue weighted by molar-refractivity contribution is -0.349. The Bertz CT molecular complexity index is 383. The SMILES string of the molecule is OC[C@H]1O[C@@H](O[C@H]2[C@H](O)[C@@H](O)C(F)O[C@@H]2CO)[C@H](O)[C@@H](O)[C@@H]1O. The second-order valence-corrected chi connectivity index (χ2v) is 5.49. The molecule has 23 heavy (non-hydrogen) atoms. The number of alkyl halides is 1. The van der Waals surface area contributed by atoms with Crippen LogP contribution < -0.4 is 0 Å². The molecule has 7 N–H and O–H groups in total. The minimum absolute atomic E-state index is 0.687. The summed E-state index contributed by atoms with van der Waals surface area (Å²) in [5, 5.41) is 66.8. The van der Waals surface area contributed by atoms with E-state index in [-0.39, 0.29) is 0 Å². The van der Waals surface area contributed by atoms with Crippen LogP contribution in [-0.2, 0) is 14.2 Å². The molecule has 2 aliphatic rings. The lowest BCUT2D eigenvalue weighted by atomic mass is 9.97. The molecule has 11 heteroatoms. The highest BCUT2D eigenvalue weighted by Crippen LogP contribution is 2.29. The maximum absolute atomic E-state index is 13.3. The van der Waals surface area contributed by atoms with E-state index >= 15 is 0 Å². The fourth-order valence-corrected chi connectivity index (χ4v) is 2.54. The zero-order valence-corrected chi connectivity index (χ0v) is 11.9. The zero-order valence-electron chi connectivity index (χ0n) is 11.9. The molecular weight excluding hydrogens is 323 g/mol. The van der Waals surface area contributed by atoms with E-state index in [1.165, 1.54) is 0 Å². The average molecular weight is 344 g/mol. The van der Waals surface area contributed by atoms with Gasteiger partial charge in [0, 0.05) is 0 Å². The molecule has 10 atom stereocenters. The highest BCUT2D eigenvalue weighted by Gasteiger charge is 2.50. The molecule has 0 saturated carbocycles. The van der Waals surface area contributed by atoms with E-state index in [9.17, 15) is 35.0 Å². The smallest absolute Gasteiger partial charge is 0.228 e. The van der Waals surface area contributed by atoms with E-state index in [1.807, 2.05) is 0 Å². The van der Waals surface area contributed by atoms with Gasteiger partial charge in [-0.15, -0.1) is 0 Å². The molecular formula is C12H21FO10. The first kappa shape index (κ1) is 18.9. The molecule has 2 saturated heterocycles. The lowest BCUT2D eigenvalue weighted by Gasteiger charge is -2.44. The molecule has 0 aromatic rings. The van der Waals surface area contributed by atoms with Gasteiger partial charge >= 0.3 is 0 Å². The van der Waals surface area contributed by atoms with Crippen LogP contribution in [0.2, 0.25) is 0 Å². The summed E-state index contributed by atoms with van der Waals surface area (Å²) in [6, 6.07) is 0. The molecule has 0 aliphatic carbocycles. The summed E-state index contributed by atoms with van der Waals surface area (Å²) in [5.41, 5.74) is 0. The van der Waals surface area contributed by atoms with Gasteiger partial charge in [0.1, 0.15) is 48.8 Å². The molecule has 0 radical (unpaired) electrons. The molecule has 10 nitrogen and oxygen atoms in total. The summed E-state index contributed by atoms with van der Waals surface area (Å²) in [4.78, 5) is 0. The van der Waals surface area contributed by atoms with Gasteiger partial charge in [0.2, 0.25) is 6.36 Å². The monoisotopic (exact) mass is 344 g/mol. The van der Waals surface area contributed by atoms with Gasteiger partial charge in [-0.3, -0.25) is 0 Å². The van der Waals surface area contributed by atoms with Crippen molar-refractivity contribution in [1.82, 2.24) is 0 Å². The topological polar surface area (TPSA) is 169 Å². The summed E-state index contributed by atoms with van der Waals surface area (Å²) in [7, 11) is 0. The van der Waals surface area contributed by atoms with Gasteiger partial charge in [-0.2, -0.15) is 0 Å². The Labute approximate surface area is 130 Å². The molecule has 0 bridgehead atoms. The van der Waals surface area contributed by atoms with Crippen LogP contribution >= 0.6 is 0 Å². The van der Waals surface area contributed by atoms with Crippen LogP contribution in [0.1, 0.15) is 0 Å². The van der Waals surface area contributed by atoms with E-state index in [0.29, 0.717) is 0 Å². The molecule has 2 aliphatic heterocycles. The van der Waals surface area contributed by atoms with Gasteiger partial charge in [0.25, 0.3) is 0 Å². The van der Waals surface area contributed by atoms with Gasteiger partial charge in [-0.25, -0.2) is 4.39 Å². The third-order valence-corrected chi connectivity index (χ3v) is 3.95. The number of aliphatic hydroxyl groups excluding tert-OH is 7. The second kappa shape index (κ2) is 7.61. The molecule has 1 unspecified atom stereocenters. The van der Waals surface area contributed by atoms with E-state index < -0.39 is 74.7 Å². The molecule has 2 rings (SSSR count). The molecule has 0 spiro atoms. The average Bonchev–Trinajstić information content (AvgIpc) is 2.55. The first-order valence-electron chi connectivity index (χ1n) is 7.04. The van der Waals surface area contributed by atoms with Crippen molar-refractivity contribution in [2.45, 2.75) is 61.5 Å². The van der Waals surface area contributed by atoms with Crippen molar-refractivity contribution in [2.75, 3.05) is 13.2 Å². The number of hydrogen-bond donors (Lipinski definition) is 7. The van der Waals surface area contributed by atoms with Crippen LogP contribution in [-0.4, -0.2) is 110 Å². The number of halogens is 1. The van der Waals surface area contributed by atoms with Gasteiger partial charge < -0.3 is 50.0 Å². The number of rotatable bonds is 4. The van der Waals surface area contributed by atoms with Gasteiger partial charge in [0.05, 0.1) is 13.2 Å². The fourth-order valence-electron chi connectivity index (χ4n) is 2.54. The Balaban J connectivity index is 2.11. The van der Waals surface area contributed by atoms with E-state index in [1.54, 1.807) is 0 Å². The highest BCUT2D eigenvalue weighted by molar-refractivity contribution is 4.93. The molecule has 0 aromatic carbocycles. The first-order chi connectivity index (χ1) is 10.8. The second-order valence-electron chi connectivity index (χ2n) is 5.49. The quantitative estimate of drug-likeness (QED) is 0.264. The maximum atomic E-state index is 13.3. The minimum atomic E-state index is -2.24. The fraction of sp³-hybridized carbons (Fsp3) is 1.00. The predicted octanol–water partition coefficient (Wildman–Crippen LogP) is -4.42. The highest BCUT2D eigenvalue weighted by atomic mass is 19.1. The molecule has 136 valence electrons. The van der Waals surface area contributed by atoms with Crippen LogP contribution in [0.5, 0.6) is 0 Å². The van der Waals surface area contributed by atoms with Crippen molar-refractivity contribution in [3.63, 3.8) is 0 Å². The van der Waals surface area contributed by atoms with Crippen LogP contribution in [0, 0.1) is 0 Å². The van der Waals surface area contributed by atoms with Crippen molar-refractivity contribution in [2.24, 2.45) is 0 Å². The largest absolute Gasteiger partial charge is 0.394 e. The Kier molecular flexibility index (Phi) is 6.24. The summed E-state index contributed by atoms with van der Waals surface area (Å²) < 4.78 is 28.3. The zero-order chi connectivity index (χ0) is 17.3. The Morgan fingerprint density at radius 2 is 1.35 bits per heavy atom. The third kappa shape index (κ3) is 3.64. The Morgan fingerprint density at radius 3 is 1.91 bits per heavy atom. The summed E-state index contributed by atoms with van der Waals surface area (Å²) in [5.74, 6) is 0. The van der Waals surface area contributed by atoms with Crippen molar-refractivity contribution >= 4 is 0 Å². The van der Waals surface area contributed by atoms with Crippen molar-refractivity contribution < 1.29 is 54.3 Å². The molecule has 2 fully saturated rings. The summed E-state index contributed by atoms with van der Waals surface area (Å²) >= 11 is 0. The van der Waals surface area contributed by atoms with Crippen molar-refractivity contribution in [3.05, 3.63) is 0 Å². The Morgan fingerprint density at radius 1 is 0.739 bits per heavy atom. The van der Waals surface area contributed by atoms with Gasteiger partial charge in [-0.05, 0) is 0 Å². The normalized spacial score (nSPS) is 51.7. The third-order valence-electron chi connectivity index (χ3n) is 3.95. The number of ether oxygens (including phenoxy) is 3. The van der Waals surface area contributed by atoms with Crippen LogP contribution in [0.3, 0.4) is 0 Å². The molecule has 0 aromatic heterocycles. The minimum Gasteiger partial charge on any atom is -0.394 e. The summed E-state index contributed by atoms with van der Waals surface area (Å²) in [6.45, 7) is -1.45. The van der Waals surface area contributed by atoms with E-state index in [2.05, 4.69) is 4.74 Å². The van der Waals surface area contributed by atoms with Gasteiger partial charge in [0.15, 0.2) is 6.29 Å². The molecule has 0 amide bonds. The Hall–Kier alpha value is -0.470. The summed E-state index contributed by atoms with van der Waals surface area (Å²) in [6.07, 6.45) is -16.8. The van der Waals surface area contributed by atoms with Crippen molar-refractivity contribution in [1.29, 1.82) is 0 Å². The van der Waals surface area contributed by atoms with Crippen LogP contribution in [0.4, 0.5) is 4.39 Å². The lowest BCUT2D eigenvalue weighted by Crippen LogP contribution is -2.64. The standard InChI is InChI=1S/C12H21FO10/c13-11-8(19)7(18)10(4(2-15)21-11)23-12-9(20)6(17)5(16)3(1-14)22-12/h3-12,14-20H,1-2H2/t3-,4-,5-,6+,7-,8-,9-,10-,11?,12+/m1/s1. The maximum Gasteiger partial charge on any atom is 0.228 e. The van der Waals surface area contributed by atoms with Gasteiger partial charge in [-0.1, -0.05) is 0 Å². The molecule has 2 heterocycles. The predicted molar refractivity (Wildman–Crippen MR) is 67.5 cm³/mol.